The van der Waals surface area contributed by atoms with E-state index < -0.39 is 29.4 Å². The number of nitrogens with two attached hydrogens (primary N) is 1. The third kappa shape index (κ3) is 4.93. The minimum Gasteiger partial charge on any atom is -0.479 e. The van der Waals surface area contributed by atoms with Gasteiger partial charge in [-0.05, 0) is 0 Å². The molecule has 0 aliphatic heterocycles. The Morgan fingerprint density at radius 3 is 2.39 bits per heavy atom. The molecule has 1 rings (SSSR count). The summed E-state index contributed by atoms with van der Waals surface area (Å²) in [5, 5.41) is 7.66. The van der Waals surface area contributed by atoms with Crippen LogP contribution in [0.5, 0.6) is 5.88 Å². The van der Waals surface area contributed by atoms with Gasteiger partial charge in [-0.25, -0.2) is 4.79 Å². The molecule has 0 fully saturated rings. The van der Waals surface area contributed by atoms with E-state index in [0.717, 1.165) is 0 Å². The van der Waals surface area contributed by atoms with Gasteiger partial charge in [-0.3, -0.25) is 0 Å². The number of hydrogen-bond acceptors (Lipinski definition) is 4. The lowest BCUT2D eigenvalue weighted by Crippen LogP contribution is -2.11. The second-order valence-corrected chi connectivity index (χ2v) is 3.89. The van der Waals surface area contributed by atoms with Crippen molar-refractivity contribution in [3.8, 4) is 5.88 Å². The lowest BCUT2D eigenvalue weighted by atomic mass is 10.4. The molecule has 0 saturated carbocycles. The molecule has 1 heterocycles. The SMILES string of the molecule is CCC.Nc1c(Cl)c(F)nc(OCC(=O)O)c1Cl. The van der Waals surface area contributed by atoms with Crippen LogP contribution in [0.4, 0.5) is 10.1 Å². The summed E-state index contributed by atoms with van der Waals surface area (Å²) in [6.45, 7) is 3.55. The van der Waals surface area contributed by atoms with Crippen molar-refractivity contribution in [2.24, 2.45) is 0 Å². The summed E-state index contributed by atoms with van der Waals surface area (Å²) >= 11 is 11.0. The molecule has 0 saturated heterocycles. The first kappa shape index (κ1) is 16.7. The summed E-state index contributed by atoms with van der Waals surface area (Å²) in [5.41, 5.74) is 5.07. The third-order valence-corrected chi connectivity index (χ3v) is 2.10. The number of rotatable bonds is 3. The molecule has 1 aromatic rings. The van der Waals surface area contributed by atoms with Crippen LogP contribution in [0.3, 0.4) is 0 Å². The maximum atomic E-state index is 12.9. The highest BCUT2D eigenvalue weighted by molar-refractivity contribution is 6.39. The molecule has 0 spiro atoms. The van der Waals surface area contributed by atoms with E-state index in [0.29, 0.717) is 0 Å². The summed E-state index contributed by atoms with van der Waals surface area (Å²) in [7, 11) is 0. The normalized spacial score (nSPS) is 9.39. The van der Waals surface area contributed by atoms with Gasteiger partial charge in [-0.1, -0.05) is 43.5 Å². The van der Waals surface area contributed by atoms with Crippen LogP contribution >= 0.6 is 23.2 Å². The van der Waals surface area contributed by atoms with Gasteiger partial charge in [0, 0.05) is 0 Å². The number of carboxylic acid groups (broad SMARTS) is 1. The number of nitrogens with zero attached hydrogens (tertiary/aromatic N) is 1. The quantitative estimate of drug-likeness (QED) is 0.838. The summed E-state index contributed by atoms with van der Waals surface area (Å²) in [6.07, 6.45) is 1.25. The van der Waals surface area contributed by atoms with E-state index in [2.05, 4.69) is 23.6 Å². The standard InChI is InChI=1S/C7H5Cl2FN2O3.C3H8/c8-3-5(11)4(9)7(12-6(3)10)15-1-2(13)14;1-3-2/h1H2,(H2,11,12)(H,13,14);3H2,1-2H3. The molecule has 0 aromatic carbocycles. The predicted octanol–water partition coefficient (Wildman–Crippen LogP) is 2.99. The topological polar surface area (TPSA) is 85.4 Å². The summed E-state index contributed by atoms with van der Waals surface area (Å²) < 4.78 is 17.5. The third-order valence-electron chi connectivity index (χ3n) is 1.37. The monoisotopic (exact) mass is 298 g/mol. The van der Waals surface area contributed by atoms with Crippen LogP contribution in [0.25, 0.3) is 0 Å². The van der Waals surface area contributed by atoms with E-state index in [1.165, 1.54) is 6.42 Å². The number of hydrogen-bond donors (Lipinski definition) is 2. The minimum atomic E-state index is -1.25. The molecule has 3 N–H and O–H groups in total. The fourth-order valence-corrected chi connectivity index (χ4v) is 1.11. The van der Waals surface area contributed by atoms with Crippen molar-refractivity contribution in [3.05, 3.63) is 16.0 Å². The van der Waals surface area contributed by atoms with Crippen molar-refractivity contribution < 1.29 is 19.0 Å². The molecule has 0 unspecified atom stereocenters. The van der Waals surface area contributed by atoms with Gasteiger partial charge in [0.05, 0.1) is 5.69 Å². The Kier molecular flexibility index (Phi) is 7.38. The number of aromatic nitrogens is 1. The average molecular weight is 299 g/mol. The molecule has 0 amide bonds. The molecule has 1 aromatic heterocycles. The number of halogens is 3. The average Bonchev–Trinajstić information content (AvgIpc) is 2.30. The Labute approximate surface area is 114 Å². The fourth-order valence-electron chi connectivity index (χ4n) is 0.736. The van der Waals surface area contributed by atoms with Gasteiger partial charge in [-0.15, -0.1) is 0 Å². The summed E-state index contributed by atoms with van der Waals surface area (Å²) in [5.74, 6) is -2.72. The van der Waals surface area contributed by atoms with E-state index in [1.807, 2.05) is 0 Å². The maximum absolute atomic E-state index is 12.9. The number of nitrogen functional groups attached to an aromatic ring is 1. The molecule has 0 bridgehead atoms. The second-order valence-electron chi connectivity index (χ2n) is 3.14. The highest BCUT2D eigenvalue weighted by Gasteiger charge is 2.16. The van der Waals surface area contributed by atoms with Gasteiger partial charge in [0.1, 0.15) is 10.0 Å². The molecule has 8 heteroatoms. The van der Waals surface area contributed by atoms with Gasteiger partial charge >= 0.3 is 5.97 Å². The van der Waals surface area contributed by atoms with Gasteiger partial charge in [0.25, 0.3) is 0 Å². The van der Waals surface area contributed by atoms with E-state index in [1.54, 1.807) is 0 Å². The maximum Gasteiger partial charge on any atom is 0.341 e. The fraction of sp³-hybridized carbons (Fsp3) is 0.400. The van der Waals surface area contributed by atoms with Crippen LogP contribution in [-0.2, 0) is 4.79 Å². The number of aliphatic carboxylic acids is 1. The second kappa shape index (κ2) is 7.94. The molecule has 0 radical (unpaired) electrons. The zero-order chi connectivity index (χ0) is 14.3. The summed E-state index contributed by atoms with van der Waals surface area (Å²) in [6, 6.07) is 0. The van der Waals surface area contributed by atoms with E-state index in [9.17, 15) is 9.18 Å². The van der Waals surface area contributed by atoms with Gasteiger partial charge in [0.2, 0.25) is 11.8 Å². The van der Waals surface area contributed by atoms with Crippen LogP contribution in [0.1, 0.15) is 20.3 Å². The Morgan fingerprint density at radius 2 is 1.94 bits per heavy atom. The summed E-state index contributed by atoms with van der Waals surface area (Å²) in [4.78, 5) is 13.4. The van der Waals surface area contributed by atoms with Gasteiger partial charge in [-0.2, -0.15) is 9.37 Å². The zero-order valence-corrected chi connectivity index (χ0v) is 11.3. The van der Waals surface area contributed by atoms with Crippen molar-refractivity contribution in [1.82, 2.24) is 4.98 Å². The highest BCUT2D eigenvalue weighted by atomic mass is 35.5. The molecular weight excluding hydrogens is 286 g/mol. The van der Waals surface area contributed by atoms with E-state index in [-0.39, 0.29) is 10.7 Å². The molecule has 0 aliphatic rings. The first-order chi connectivity index (χ1) is 8.34. The predicted molar refractivity (Wildman–Crippen MR) is 67.7 cm³/mol. The van der Waals surface area contributed by atoms with Gasteiger partial charge < -0.3 is 15.6 Å². The molecule has 0 atom stereocenters. The molecule has 102 valence electrons. The first-order valence-electron chi connectivity index (χ1n) is 4.99. The highest BCUT2D eigenvalue weighted by Crippen LogP contribution is 2.35. The molecule has 18 heavy (non-hydrogen) atoms. The van der Waals surface area contributed by atoms with Gasteiger partial charge in [0.15, 0.2) is 6.61 Å². The largest absolute Gasteiger partial charge is 0.479 e. The van der Waals surface area contributed by atoms with Crippen LogP contribution in [0, 0.1) is 5.95 Å². The first-order valence-corrected chi connectivity index (χ1v) is 5.75. The number of carboxylic acids is 1. The van der Waals surface area contributed by atoms with Crippen LogP contribution in [0.15, 0.2) is 0 Å². The Morgan fingerprint density at radius 1 is 1.44 bits per heavy atom. The van der Waals surface area contributed by atoms with Crippen LogP contribution in [0.2, 0.25) is 10.0 Å². The van der Waals surface area contributed by atoms with Crippen molar-refractivity contribution in [2.45, 2.75) is 20.3 Å². The van der Waals surface area contributed by atoms with Crippen molar-refractivity contribution >= 4 is 34.9 Å². The number of carbonyl (C=O) groups is 1. The zero-order valence-electron chi connectivity index (χ0n) is 9.84. The molecule has 5 nitrogen and oxygen atoms in total. The lowest BCUT2D eigenvalue weighted by molar-refractivity contribution is -0.139. The molecule has 0 aliphatic carbocycles. The van der Waals surface area contributed by atoms with Crippen LogP contribution < -0.4 is 10.5 Å². The minimum absolute atomic E-state index is 0.220. The van der Waals surface area contributed by atoms with Crippen molar-refractivity contribution in [1.29, 1.82) is 0 Å². The number of anilines is 1. The Bertz CT molecular complexity index is 430. The van der Waals surface area contributed by atoms with E-state index >= 15 is 0 Å². The molecular formula is C10H13Cl2FN2O3. The van der Waals surface area contributed by atoms with E-state index in [4.69, 9.17) is 34.0 Å². The van der Waals surface area contributed by atoms with Crippen LogP contribution in [-0.4, -0.2) is 22.7 Å². The lowest BCUT2D eigenvalue weighted by Gasteiger charge is -2.07. The van der Waals surface area contributed by atoms with Crippen molar-refractivity contribution in [2.75, 3.05) is 12.3 Å². The Hall–Kier alpha value is -1.27. The number of pyridine rings is 1. The van der Waals surface area contributed by atoms with Crippen molar-refractivity contribution in [3.63, 3.8) is 0 Å². The smallest absolute Gasteiger partial charge is 0.341 e. The Balaban J connectivity index is 0.000000873. The number of ether oxygens (including phenoxy) is 1.